The first-order valence-corrected chi connectivity index (χ1v) is 9.17. The number of Topliss-reactive ketones (excluding diaryl/α,β-unsaturated/α-hetero) is 1. The average Bonchev–Trinajstić information content (AvgIpc) is 3.15. The Labute approximate surface area is 163 Å². The summed E-state index contributed by atoms with van der Waals surface area (Å²) in [5.74, 6) is -0.642. The summed E-state index contributed by atoms with van der Waals surface area (Å²) in [6.45, 7) is 0. The average molecular weight is 399 g/mol. The Bertz CT molecular complexity index is 1150. The first kappa shape index (κ1) is 19.4. The van der Waals surface area contributed by atoms with E-state index >= 15 is 0 Å². The Morgan fingerprint density at radius 2 is 1.79 bits per heavy atom. The molecular weight excluding hydrogens is 382 g/mol. The highest BCUT2D eigenvalue weighted by Gasteiger charge is 2.16. The van der Waals surface area contributed by atoms with Crippen LogP contribution in [0.4, 0.5) is 5.13 Å². The van der Waals surface area contributed by atoms with Gasteiger partial charge in [-0.25, -0.2) is 4.79 Å². The highest BCUT2D eigenvalue weighted by atomic mass is 32.1. The number of benzene rings is 1. The third-order valence-electron chi connectivity index (χ3n) is 4.11. The third-order valence-corrected chi connectivity index (χ3v) is 5.01. The number of aryl methyl sites for hydroxylation is 1. The van der Waals surface area contributed by atoms with Crippen LogP contribution in [-0.4, -0.2) is 31.0 Å². The van der Waals surface area contributed by atoms with Gasteiger partial charge in [-0.1, -0.05) is 41.7 Å². The Hall–Kier alpha value is -3.40. The second kappa shape index (κ2) is 8.09. The molecule has 0 aliphatic rings. The minimum absolute atomic E-state index is 0.00323. The van der Waals surface area contributed by atoms with E-state index < -0.39 is 17.2 Å². The molecule has 3 aromatic rings. The second-order valence-corrected chi connectivity index (χ2v) is 7.07. The first-order valence-electron chi connectivity index (χ1n) is 8.36. The zero-order valence-corrected chi connectivity index (χ0v) is 16.0. The van der Waals surface area contributed by atoms with Gasteiger partial charge in [-0.05, 0) is 0 Å². The Morgan fingerprint density at radius 3 is 2.50 bits per heavy atom. The van der Waals surface area contributed by atoms with Crippen molar-refractivity contribution in [3.8, 4) is 0 Å². The zero-order chi connectivity index (χ0) is 20.3. The first-order chi connectivity index (χ1) is 13.4. The molecule has 10 heteroatoms. The molecule has 0 aliphatic carbocycles. The lowest BCUT2D eigenvalue weighted by molar-refractivity contribution is 0.0981. The summed E-state index contributed by atoms with van der Waals surface area (Å²) >= 11 is 1.13. The molecule has 1 amide bonds. The van der Waals surface area contributed by atoms with E-state index in [1.54, 1.807) is 24.3 Å². The molecule has 3 rings (SSSR count). The van der Waals surface area contributed by atoms with Crippen molar-refractivity contribution in [1.82, 2.24) is 19.3 Å². The van der Waals surface area contributed by atoms with E-state index in [2.05, 4.69) is 15.5 Å². The van der Waals surface area contributed by atoms with Crippen LogP contribution in [0.25, 0.3) is 0 Å². The number of aromatic nitrogens is 4. The van der Waals surface area contributed by atoms with Gasteiger partial charge in [-0.2, -0.15) is 0 Å². The molecule has 144 valence electrons. The number of nitrogens with one attached hydrogen (secondary N) is 1. The van der Waals surface area contributed by atoms with Crippen LogP contribution in [-0.2, 0) is 20.5 Å². The summed E-state index contributed by atoms with van der Waals surface area (Å²) in [5.41, 5.74) is -0.628. The fourth-order valence-electron chi connectivity index (χ4n) is 2.51. The number of amides is 1. The predicted molar refractivity (Wildman–Crippen MR) is 104 cm³/mol. The summed E-state index contributed by atoms with van der Waals surface area (Å²) in [6, 6.07) is 10.0. The molecule has 0 aliphatic heterocycles. The van der Waals surface area contributed by atoms with Crippen molar-refractivity contribution in [2.75, 3.05) is 5.32 Å². The number of nitrogens with zero attached hydrogens (tertiary/aromatic N) is 4. The Balaban J connectivity index is 1.66. The number of hydrogen-bond acceptors (Lipinski definition) is 7. The molecule has 28 heavy (non-hydrogen) atoms. The van der Waals surface area contributed by atoms with E-state index in [1.165, 1.54) is 14.1 Å². The number of hydrogen-bond donors (Lipinski definition) is 1. The molecular formula is C18H17N5O4S. The molecule has 0 saturated heterocycles. The van der Waals surface area contributed by atoms with E-state index in [1.807, 2.05) is 6.07 Å². The van der Waals surface area contributed by atoms with Gasteiger partial charge in [0.25, 0.3) is 11.5 Å². The van der Waals surface area contributed by atoms with Crippen molar-refractivity contribution in [1.29, 1.82) is 0 Å². The van der Waals surface area contributed by atoms with Gasteiger partial charge in [0.1, 0.15) is 10.7 Å². The summed E-state index contributed by atoms with van der Waals surface area (Å²) in [6.07, 6.45) is 0.668. The standard InChI is InChI=1S/C18H17N5O4S/c1-22-12(10-15(25)23(2)18(22)27)16(26)19-17-21-20-14(28-17)9-8-13(24)11-6-4-3-5-7-11/h3-7,10H,8-9H2,1-2H3,(H,19,21,26). The number of ketones is 1. The van der Waals surface area contributed by atoms with E-state index in [0.717, 1.165) is 26.5 Å². The monoisotopic (exact) mass is 399 g/mol. The van der Waals surface area contributed by atoms with Gasteiger partial charge < -0.3 is 0 Å². The molecule has 2 heterocycles. The molecule has 1 N–H and O–H groups in total. The number of carbonyl (C=O) groups excluding carboxylic acids is 2. The van der Waals surface area contributed by atoms with Crippen LogP contribution >= 0.6 is 11.3 Å². The molecule has 1 aromatic carbocycles. The number of rotatable bonds is 6. The lowest BCUT2D eigenvalue weighted by atomic mass is 10.1. The van der Waals surface area contributed by atoms with Gasteiger partial charge in [0.2, 0.25) is 5.13 Å². The van der Waals surface area contributed by atoms with Crippen LogP contribution < -0.4 is 16.6 Å². The van der Waals surface area contributed by atoms with Crippen molar-refractivity contribution >= 4 is 28.2 Å². The fraction of sp³-hybridized carbons (Fsp3) is 0.222. The smallest absolute Gasteiger partial charge is 0.295 e. The van der Waals surface area contributed by atoms with Gasteiger partial charge in [-0.15, -0.1) is 10.2 Å². The summed E-state index contributed by atoms with van der Waals surface area (Å²) in [5, 5.41) is 11.2. The zero-order valence-electron chi connectivity index (χ0n) is 15.2. The Kier molecular flexibility index (Phi) is 5.59. The van der Waals surface area contributed by atoms with Crippen LogP contribution in [0.15, 0.2) is 46.0 Å². The van der Waals surface area contributed by atoms with Crippen molar-refractivity contribution in [2.45, 2.75) is 12.8 Å². The quantitative estimate of drug-likeness (QED) is 0.618. The molecule has 2 aromatic heterocycles. The summed E-state index contributed by atoms with van der Waals surface area (Å²) < 4.78 is 1.99. The molecule has 0 radical (unpaired) electrons. The van der Waals surface area contributed by atoms with Gasteiger partial charge in [0.05, 0.1) is 0 Å². The maximum absolute atomic E-state index is 12.4. The maximum atomic E-state index is 12.4. The van der Waals surface area contributed by atoms with Gasteiger partial charge in [0, 0.05) is 38.6 Å². The van der Waals surface area contributed by atoms with Crippen molar-refractivity contribution in [3.05, 3.63) is 73.5 Å². The van der Waals surface area contributed by atoms with Crippen molar-refractivity contribution in [3.63, 3.8) is 0 Å². The fourth-order valence-corrected chi connectivity index (χ4v) is 3.24. The minimum atomic E-state index is -0.639. The van der Waals surface area contributed by atoms with Crippen LogP contribution in [0.2, 0.25) is 0 Å². The van der Waals surface area contributed by atoms with Crippen molar-refractivity contribution < 1.29 is 9.59 Å². The predicted octanol–water partition coefficient (Wildman–Crippen LogP) is 1.00. The molecule has 9 nitrogen and oxygen atoms in total. The van der Waals surface area contributed by atoms with Crippen LogP contribution in [0, 0.1) is 0 Å². The lowest BCUT2D eigenvalue weighted by Crippen LogP contribution is -2.40. The Morgan fingerprint density at radius 1 is 1.07 bits per heavy atom. The van der Waals surface area contributed by atoms with E-state index in [0.29, 0.717) is 17.0 Å². The highest BCUT2D eigenvalue weighted by Crippen LogP contribution is 2.18. The summed E-state index contributed by atoms with van der Waals surface area (Å²) in [7, 11) is 2.73. The van der Waals surface area contributed by atoms with Crippen molar-refractivity contribution in [2.24, 2.45) is 14.1 Å². The van der Waals surface area contributed by atoms with Crippen LogP contribution in [0.3, 0.4) is 0 Å². The van der Waals surface area contributed by atoms with E-state index in [-0.39, 0.29) is 23.0 Å². The minimum Gasteiger partial charge on any atom is -0.295 e. The van der Waals surface area contributed by atoms with Crippen LogP contribution in [0.1, 0.15) is 32.3 Å². The third kappa shape index (κ3) is 4.12. The summed E-state index contributed by atoms with van der Waals surface area (Å²) in [4.78, 5) is 48.2. The topological polar surface area (TPSA) is 116 Å². The normalized spacial score (nSPS) is 10.6. The van der Waals surface area contributed by atoms with Gasteiger partial charge in [0.15, 0.2) is 5.78 Å². The molecule has 0 spiro atoms. The van der Waals surface area contributed by atoms with Gasteiger partial charge >= 0.3 is 5.69 Å². The second-order valence-electron chi connectivity index (χ2n) is 6.01. The lowest BCUT2D eigenvalue weighted by Gasteiger charge is -2.08. The molecule has 0 unspecified atom stereocenters. The molecule has 0 fully saturated rings. The molecule has 0 atom stereocenters. The largest absolute Gasteiger partial charge is 0.331 e. The molecule has 0 bridgehead atoms. The number of carbonyl (C=O) groups is 2. The van der Waals surface area contributed by atoms with Gasteiger partial charge in [-0.3, -0.25) is 28.8 Å². The van der Waals surface area contributed by atoms with Crippen LogP contribution in [0.5, 0.6) is 0 Å². The van der Waals surface area contributed by atoms with E-state index in [4.69, 9.17) is 0 Å². The van der Waals surface area contributed by atoms with E-state index in [9.17, 15) is 19.2 Å². The molecule has 0 saturated carbocycles. The SMILES string of the molecule is Cn1c(C(=O)Nc2nnc(CCC(=O)c3ccccc3)s2)cc(=O)n(C)c1=O. The number of anilines is 1. The maximum Gasteiger partial charge on any atom is 0.331 e. The highest BCUT2D eigenvalue weighted by molar-refractivity contribution is 7.15.